The Morgan fingerprint density at radius 2 is 1.95 bits per heavy atom. The fourth-order valence-electron chi connectivity index (χ4n) is 2.04. The summed E-state index contributed by atoms with van der Waals surface area (Å²) in [6.07, 6.45) is 0. The lowest BCUT2D eigenvalue weighted by molar-refractivity contribution is 0.465. The first-order chi connectivity index (χ1) is 9.86. The standard InChI is InChI=1S/C13H17FN4O2S/c1-9-13(12(7-15)17-16-9)21(19,20)18(2)8-10-3-5-11(14)6-4-10/h3-6H,7-8,15H2,1-2H3,(H,16,17). The molecule has 3 N–H and O–H groups in total. The minimum Gasteiger partial charge on any atom is -0.325 e. The number of benzene rings is 1. The fourth-order valence-corrected chi connectivity index (χ4v) is 3.53. The topological polar surface area (TPSA) is 92.1 Å². The lowest BCUT2D eigenvalue weighted by Gasteiger charge is -2.17. The molecule has 0 amide bonds. The number of halogens is 1. The van der Waals surface area contributed by atoms with Crippen LogP contribution in [0, 0.1) is 12.7 Å². The predicted molar refractivity (Wildman–Crippen MR) is 76.3 cm³/mol. The summed E-state index contributed by atoms with van der Waals surface area (Å²) in [7, 11) is -2.25. The van der Waals surface area contributed by atoms with E-state index >= 15 is 0 Å². The van der Waals surface area contributed by atoms with Crippen LogP contribution in [0.3, 0.4) is 0 Å². The maximum Gasteiger partial charge on any atom is 0.246 e. The smallest absolute Gasteiger partial charge is 0.246 e. The van der Waals surface area contributed by atoms with Crippen LogP contribution in [0.1, 0.15) is 17.0 Å². The van der Waals surface area contributed by atoms with Gasteiger partial charge in [-0.05, 0) is 24.6 Å². The van der Waals surface area contributed by atoms with Crippen molar-refractivity contribution in [3.05, 3.63) is 47.0 Å². The molecule has 114 valence electrons. The van der Waals surface area contributed by atoms with Crippen LogP contribution in [0.15, 0.2) is 29.2 Å². The first-order valence-electron chi connectivity index (χ1n) is 6.31. The highest BCUT2D eigenvalue weighted by atomic mass is 32.2. The summed E-state index contributed by atoms with van der Waals surface area (Å²) in [5, 5.41) is 6.53. The van der Waals surface area contributed by atoms with E-state index in [1.54, 1.807) is 19.1 Å². The van der Waals surface area contributed by atoms with Crippen molar-refractivity contribution in [1.29, 1.82) is 0 Å². The van der Waals surface area contributed by atoms with Crippen molar-refractivity contribution in [2.45, 2.75) is 24.9 Å². The summed E-state index contributed by atoms with van der Waals surface area (Å²) in [5.41, 5.74) is 6.97. The van der Waals surface area contributed by atoms with Crippen LogP contribution in [-0.4, -0.2) is 30.0 Å². The number of rotatable bonds is 5. The van der Waals surface area contributed by atoms with Crippen LogP contribution in [0.25, 0.3) is 0 Å². The molecule has 0 unspecified atom stereocenters. The quantitative estimate of drug-likeness (QED) is 0.866. The van der Waals surface area contributed by atoms with Crippen molar-refractivity contribution in [2.75, 3.05) is 7.05 Å². The van der Waals surface area contributed by atoms with Crippen LogP contribution < -0.4 is 5.73 Å². The van der Waals surface area contributed by atoms with Crippen LogP contribution in [0.5, 0.6) is 0 Å². The van der Waals surface area contributed by atoms with E-state index in [0.717, 1.165) is 0 Å². The zero-order valence-corrected chi connectivity index (χ0v) is 12.6. The maximum absolute atomic E-state index is 12.9. The first-order valence-corrected chi connectivity index (χ1v) is 7.75. The number of nitrogens with one attached hydrogen (secondary N) is 1. The third kappa shape index (κ3) is 3.12. The van der Waals surface area contributed by atoms with Gasteiger partial charge < -0.3 is 5.73 Å². The molecule has 21 heavy (non-hydrogen) atoms. The van der Waals surface area contributed by atoms with E-state index < -0.39 is 10.0 Å². The Morgan fingerprint density at radius 3 is 2.52 bits per heavy atom. The maximum atomic E-state index is 12.9. The van der Waals surface area contributed by atoms with Gasteiger partial charge in [0.15, 0.2) is 0 Å². The van der Waals surface area contributed by atoms with E-state index in [1.807, 2.05) is 0 Å². The largest absolute Gasteiger partial charge is 0.325 e. The molecule has 0 aliphatic carbocycles. The Balaban J connectivity index is 2.30. The Kier molecular flexibility index (Phi) is 4.40. The number of H-pyrrole nitrogens is 1. The highest BCUT2D eigenvalue weighted by molar-refractivity contribution is 7.89. The molecule has 1 aromatic carbocycles. The second kappa shape index (κ2) is 5.92. The van der Waals surface area contributed by atoms with E-state index in [2.05, 4.69) is 10.2 Å². The van der Waals surface area contributed by atoms with Gasteiger partial charge in [0, 0.05) is 20.1 Å². The van der Waals surface area contributed by atoms with E-state index in [0.29, 0.717) is 17.0 Å². The molecule has 2 rings (SSSR count). The summed E-state index contributed by atoms with van der Waals surface area (Å²) < 4.78 is 39.3. The minimum atomic E-state index is -3.71. The molecule has 0 atom stereocenters. The molecule has 0 aliphatic rings. The van der Waals surface area contributed by atoms with Gasteiger partial charge in [-0.25, -0.2) is 12.8 Å². The zero-order chi connectivity index (χ0) is 15.6. The molecule has 2 aromatic rings. The molecular weight excluding hydrogens is 295 g/mol. The second-order valence-corrected chi connectivity index (χ2v) is 6.70. The van der Waals surface area contributed by atoms with Crippen molar-refractivity contribution in [3.63, 3.8) is 0 Å². The van der Waals surface area contributed by atoms with Gasteiger partial charge in [0.25, 0.3) is 0 Å². The van der Waals surface area contributed by atoms with Gasteiger partial charge in [-0.3, -0.25) is 5.10 Å². The van der Waals surface area contributed by atoms with Gasteiger partial charge in [-0.1, -0.05) is 12.1 Å². The normalized spacial score (nSPS) is 12.0. The van der Waals surface area contributed by atoms with E-state index in [1.165, 1.54) is 23.5 Å². The third-order valence-corrected chi connectivity index (χ3v) is 5.15. The average Bonchev–Trinajstić information content (AvgIpc) is 2.83. The van der Waals surface area contributed by atoms with Gasteiger partial charge in [-0.2, -0.15) is 9.40 Å². The molecule has 6 nitrogen and oxygen atoms in total. The highest BCUT2D eigenvalue weighted by Crippen LogP contribution is 2.22. The molecule has 0 fully saturated rings. The Bertz CT molecular complexity index is 725. The Morgan fingerprint density at radius 1 is 1.33 bits per heavy atom. The molecular formula is C13H17FN4O2S. The summed E-state index contributed by atoms with van der Waals surface area (Å²) >= 11 is 0. The van der Waals surface area contributed by atoms with Gasteiger partial charge in [0.2, 0.25) is 10.0 Å². The number of sulfonamides is 1. The summed E-state index contributed by atoms with van der Waals surface area (Å²) in [4.78, 5) is 0.106. The SMILES string of the molecule is Cc1[nH]nc(CN)c1S(=O)(=O)N(C)Cc1ccc(F)cc1. The fraction of sp³-hybridized carbons (Fsp3) is 0.308. The lowest BCUT2D eigenvalue weighted by Crippen LogP contribution is -2.28. The number of aromatic amines is 1. The number of hydrogen-bond donors (Lipinski definition) is 2. The molecule has 0 radical (unpaired) electrons. The summed E-state index contributed by atoms with van der Waals surface area (Å²) in [5.74, 6) is -0.361. The predicted octanol–water partition coefficient (Wildman–Crippen LogP) is 1.14. The second-order valence-electron chi connectivity index (χ2n) is 4.72. The Hall–Kier alpha value is -1.77. The first kappa shape index (κ1) is 15.6. The van der Waals surface area contributed by atoms with Crippen LogP contribution in [0.2, 0.25) is 0 Å². The van der Waals surface area contributed by atoms with E-state index in [4.69, 9.17) is 5.73 Å². The average molecular weight is 312 g/mol. The van der Waals surface area contributed by atoms with Crippen molar-refractivity contribution in [3.8, 4) is 0 Å². The lowest BCUT2D eigenvalue weighted by atomic mass is 10.2. The van der Waals surface area contributed by atoms with Gasteiger partial charge in [0.05, 0.1) is 11.4 Å². The van der Waals surface area contributed by atoms with Gasteiger partial charge >= 0.3 is 0 Å². The monoisotopic (exact) mass is 312 g/mol. The molecule has 0 bridgehead atoms. The third-order valence-electron chi connectivity index (χ3n) is 3.14. The Labute approximate surface area is 122 Å². The van der Waals surface area contributed by atoms with Crippen LogP contribution in [0.4, 0.5) is 4.39 Å². The summed E-state index contributed by atoms with van der Waals surface area (Å²) in [6, 6.07) is 5.69. The molecule has 8 heteroatoms. The zero-order valence-electron chi connectivity index (χ0n) is 11.8. The van der Waals surface area contributed by atoms with Crippen molar-refractivity contribution in [2.24, 2.45) is 5.73 Å². The number of hydrogen-bond acceptors (Lipinski definition) is 4. The highest BCUT2D eigenvalue weighted by Gasteiger charge is 2.28. The van der Waals surface area contributed by atoms with Crippen molar-refractivity contribution in [1.82, 2.24) is 14.5 Å². The van der Waals surface area contributed by atoms with Gasteiger partial charge in [-0.15, -0.1) is 0 Å². The van der Waals surface area contributed by atoms with E-state index in [9.17, 15) is 12.8 Å². The molecule has 0 aliphatic heterocycles. The molecule has 0 saturated carbocycles. The van der Waals surface area contributed by atoms with Crippen LogP contribution >= 0.6 is 0 Å². The molecule has 1 aromatic heterocycles. The van der Waals surface area contributed by atoms with Crippen molar-refractivity contribution < 1.29 is 12.8 Å². The number of aromatic nitrogens is 2. The molecule has 1 heterocycles. The number of aryl methyl sites for hydroxylation is 1. The number of nitrogens with zero attached hydrogens (tertiary/aromatic N) is 2. The van der Waals surface area contributed by atoms with E-state index in [-0.39, 0.29) is 23.8 Å². The van der Waals surface area contributed by atoms with Crippen LogP contribution in [-0.2, 0) is 23.1 Å². The van der Waals surface area contributed by atoms with Crippen molar-refractivity contribution >= 4 is 10.0 Å². The number of nitrogens with two attached hydrogens (primary N) is 1. The van der Waals surface area contributed by atoms with Gasteiger partial charge in [0.1, 0.15) is 10.7 Å². The minimum absolute atomic E-state index is 0.0310. The summed E-state index contributed by atoms with van der Waals surface area (Å²) in [6.45, 7) is 1.80. The molecule has 0 spiro atoms. The molecule has 0 saturated heterocycles.